The highest BCUT2D eigenvalue weighted by Crippen LogP contribution is 2.16. The van der Waals surface area contributed by atoms with Crippen molar-refractivity contribution in [3.8, 4) is 0 Å². The van der Waals surface area contributed by atoms with Crippen LogP contribution >= 0.6 is 11.8 Å². The summed E-state index contributed by atoms with van der Waals surface area (Å²) in [4.78, 5) is 70.3. The number of nitrogens with one attached hydrogen (secondary N) is 4. The molecule has 0 bridgehead atoms. The van der Waals surface area contributed by atoms with E-state index in [1.807, 2.05) is 0 Å². The number of aliphatic hydroxyl groups is 2. The molecule has 4 atom stereocenters. The molecular formula is C15H26N6O9S. The average molecular weight is 466 g/mol. The molecule has 2 unspecified atom stereocenters. The zero-order valence-electron chi connectivity index (χ0n) is 16.7. The summed E-state index contributed by atoms with van der Waals surface area (Å²) in [5, 5.41) is 33.5. The number of carboxylic acid groups (broad SMARTS) is 1. The van der Waals surface area contributed by atoms with Crippen LogP contribution in [0.3, 0.4) is 0 Å². The summed E-state index contributed by atoms with van der Waals surface area (Å²) in [5.74, 6) is -6.71. The molecule has 0 spiro atoms. The van der Waals surface area contributed by atoms with Gasteiger partial charge in [0, 0.05) is 0 Å². The van der Waals surface area contributed by atoms with Gasteiger partial charge in [-0.15, -0.1) is 0 Å². The summed E-state index contributed by atoms with van der Waals surface area (Å²) in [6.07, 6.45) is 0.447. The molecule has 0 aliphatic carbocycles. The van der Waals surface area contributed by atoms with Crippen molar-refractivity contribution in [2.45, 2.75) is 36.5 Å². The summed E-state index contributed by atoms with van der Waals surface area (Å²) in [5.41, 5.74) is 10.1. The number of thioether (sulfide) groups is 1. The Morgan fingerprint density at radius 2 is 1.58 bits per heavy atom. The summed E-state index contributed by atoms with van der Waals surface area (Å²) >= 11 is 0.362. The summed E-state index contributed by atoms with van der Waals surface area (Å²) in [6.45, 7) is -0.0370. The maximum atomic E-state index is 12.3. The van der Waals surface area contributed by atoms with Crippen LogP contribution in [0.5, 0.6) is 0 Å². The predicted octanol–water partition coefficient (Wildman–Crippen LogP) is -5.50. The Morgan fingerprint density at radius 3 is 2.00 bits per heavy atom. The van der Waals surface area contributed by atoms with Crippen molar-refractivity contribution in [3.05, 3.63) is 0 Å². The van der Waals surface area contributed by atoms with E-state index in [2.05, 4.69) is 16.0 Å². The van der Waals surface area contributed by atoms with Crippen molar-refractivity contribution in [2.75, 3.05) is 19.4 Å². The first-order chi connectivity index (χ1) is 14.3. The molecule has 0 aromatic carbocycles. The number of rotatable bonds is 13. The molecule has 15 nitrogen and oxygen atoms in total. The lowest BCUT2D eigenvalue weighted by Gasteiger charge is -2.26. The Labute approximate surface area is 180 Å². The van der Waals surface area contributed by atoms with Gasteiger partial charge in [0.25, 0.3) is 5.06 Å². The predicted molar refractivity (Wildman–Crippen MR) is 106 cm³/mol. The number of primary amides is 1. The Balaban J connectivity index is 5.24. The molecule has 0 aromatic rings. The number of carbonyl (C=O) groups is 6. The van der Waals surface area contributed by atoms with Gasteiger partial charge in [-0.1, -0.05) is 11.8 Å². The molecular weight excluding hydrogens is 440 g/mol. The van der Waals surface area contributed by atoms with Gasteiger partial charge < -0.3 is 48.1 Å². The molecule has 0 saturated carbocycles. The van der Waals surface area contributed by atoms with Crippen LogP contribution in [0.2, 0.25) is 0 Å². The van der Waals surface area contributed by atoms with E-state index in [9.17, 15) is 39.0 Å². The van der Waals surface area contributed by atoms with Gasteiger partial charge in [0.2, 0.25) is 29.5 Å². The van der Waals surface area contributed by atoms with Gasteiger partial charge in [0.1, 0.15) is 18.1 Å². The minimum absolute atomic E-state index is 0.362. The van der Waals surface area contributed by atoms with Crippen molar-refractivity contribution in [1.29, 1.82) is 0 Å². The molecule has 176 valence electrons. The molecule has 31 heavy (non-hydrogen) atoms. The average Bonchev–Trinajstić information content (AvgIpc) is 2.70. The van der Waals surface area contributed by atoms with Crippen molar-refractivity contribution < 1.29 is 44.1 Å². The highest BCUT2D eigenvalue weighted by atomic mass is 32.2. The molecule has 0 aromatic heterocycles. The van der Waals surface area contributed by atoms with Crippen LogP contribution in [0, 0.1) is 0 Å². The fourth-order valence-electron chi connectivity index (χ4n) is 1.98. The van der Waals surface area contributed by atoms with Gasteiger partial charge in [-0.2, -0.15) is 0 Å². The fourth-order valence-corrected chi connectivity index (χ4v) is 2.36. The third-order valence-corrected chi connectivity index (χ3v) is 4.56. The topological polar surface area (TPSA) is 263 Å². The lowest BCUT2D eigenvalue weighted by Crippen LogP contribution is -2.60. The Bertz CT molecular complexity index is 721. The van der Waals surface area contributed by atoms with E-state index in [4.69, 9.17) is 16.6 Å². The van der Waals surface area contributed by atoms with Crippen LogP contribution in [0.15, 0.2) is 0 Å². The Kier molecular flexibility index (Phi) is 11.5. The quantitative estimate of drug-likeness (QED) is 0.116. The van der Waals surface area contributed by atoms with E-state index in [1.165, 1.54) is 13.2 Å². The SMILES string of the molecule is CSC(O)(NC(=O)[C@H](CC(N)=O)NC(=O)[C@H](C)NC(=O)C(CO)NC(=O)CN)C(=O)O. The molecule has 11 N–H and O–H groups in total. The summed E-state index contributed by atoms with van der Waals surface area (Å²) in [7, 11) is 0. The zero-order valence-corrected chi connectivity index (χ0v) is 17.5. The van der Waals surface area contributed by atoms with E-state index in [1.54, 1.807) is 5.32 Å². The first-order valence-electron chi connectivity index (χ1n) is 8.63. The van der Waals surface area contributed by atoms with Crippen LogP contribution in [-0.2, 0) is 28.8 Å². The Morgan fingerprint density at radius 1 is 1.00 bits per heavy atom. The van der Waals surface area contributed by atoms with Gasteiger partial charge in [-0.3, -0.25) is 24.0 Å². The maximum absolute atomic E-state index is 12.3. The van der Waals surface area contributed by atoms with E-state index in [-0.39, 0.29) is 0 Å². The van der Waals surface area contributed by atoms with Crippen molar-refractivity contribution >= 4 is 47.3 Å². The number of carboxylic acids is 1. The third kappa shape index (κ3) is 9.16. The number of carbonyl (C=O) groups excluding carboxylic acids is 5. The fraction of sp³-hybridized carbons (Fsp3) is 0.600. The molecule has 0 heterocycles. The van der Waals surface area contributed by atoms with Crippen LogP contribution in [0.25, 0.3) is 0 Å². The third-order valence-electron chi connectivity index (χ3n) is 3.69. The van der Waals surface area contributed by atoms with Crippen LogP contribution in [0.4, 0.5) is 0 Å². The second-order valence-electron chi connectivity index (χ2n) is 6.11. The second-order valence-corrected chi connectivity index (χ2v) is 7.11. The molecule has 0 rings (SSSR count). The highest BCUT2D eigenvalue weighted by Gasteiger charge is 2.39. The number of nitrogens with two attached hydrogens (primary N) is 2. The molecule has 0 aliphatic heterocycles. The molecule has 0 fully saturated rings. The molecule has 0 aliphatic rings. The van der Waals surface area contributed by atoms with E-state index < -0.39 is 78.3 Å². The highest BCUT2D eigenvalue weighted by molar-refractivity contribution is 8.00. The first-order valence-corrected chi connectivity index (χ1v) is 9.86. The minimum atomic E-state index is -2.73. The zero-order chi connectivity index (χ0) is 24.4. The van der Waals surface area contributed by atoms with Gasteiger partial charge in [0.15, 0.2) is 0 Å². The maximum Gasteiger partial charge on any atom is 0.368 e. The van der Waals surface area contributed by atoms with Crippen LogP contribution < -0.4 is 32.7 Å². The van der Waals surface area contributed by atoms with E-state index >= 15 is 0 Å². The molecule has 0 saturated heterocycles. The van der Waals surface area contributed by atoms with E-state index in [0.717, 1.165) is 0 Å². The molecule has 5 amide bonds. The van der Waals surface area contributed by atoms with E-state index in [0.29, 0.717) is 11.8 Å². The van der Waals surface area contributed by atoms with Crippen molar-refractivity contribution in [3.63, 3.8) is 0 Å². The summed E-state index contributed by atoms with van der Waals surface area (Å²) in [6, 6.07) is -4.39. The van der Waals surface area contributed by atoms with Gasteiger partial charge in [0.05, 0.1) is 19.6 Å². The van der Waals surface area contributed by atoms with Crippen LogP contribution in [-0.4, -0.2) is 93.4 Å². The number of aliphatic hydroxyl groups excluding tert-OH is 1. The monoisotopic (exact) mass is 466 g/mol. The number of hydrogen-bond acceptors (Lipinski definition) is 10. The first kappa shape index (κ1) is 28.1. The second kappa shape index (κ2) is 12.7. The van der Waals surface area contributed by atoms with Crippen molar-refractivity contribution in [2.24, 2.45) is 11.5 Å². The number of amides is 5. The Hall–Kier alpha value is -2.95. The lowest BCUT2D eigenvalue weighted by atomic mass is 10.1. The molecule has 16 heteroatoms. The normalized spacial score (nSPS) is 15.4. The standard InChI is InChI=1S/C15H26N6O9S/c1-6(18-12(26)8(5-22)19-10(24)4-16)11(25)20-7(3-9(17)23)13(27)21-15(30,31-2)14(28)29/h6-8,22,30H,3-5,16H2,1-2H3,(H2,17,23)(H,18,26)(H,19,24)(H,20,25)(H,21,27)(H,28,29)/t6-,7-,8?,15?/m0/s1. The minimum Gasteiger partial charge on any atom is -0.477 e. The lowest BCUT2D eigenvalue weighted by molar-refractivity contribution is -0.155. The van der Waals surface area contributed by atoms with Crippen LogP contribution in [0.1, 0.15) is 13.3 Å². The van der Waals surface area contributed by atoms with Crippen molar-refractivity contribution in [1.82, 2.24) is 21.3 Å². The van der Waals surface area contributed by atoms with Gasteiger partial charge in [-0.05, 0) is 13.2 Å². The largest absolute Gasteiger partial charge is 0.477 e. The number of aliphatic carboxylic acids is 1. The summed E-state index contributed by atoms with van der Waals surface area (Å²) < 4.78 is 0. The van der Waals surface area contributed by atoms with Gasteiger partial charge in [-0.25, -0.2) is 4.79 Å². The number of hydrogen-bond donors (Lipinski definition) is 9. The molecule has 0 radical (unpaired) electrons. The smallest absolute Gasteiger partial charge is 0.368 e. The van der Waals surface area contributed by atoms with Gasteiger partial charge >= 0.3 is 5.97 Å².